The smallest absolute Gasteiger partial charge is 0.286 e. The second-order valence-corrected chi connectivity index (χ2v) is 10.8. The Labute approximate surface area is 217 Å². The average molecular weight is 528 g/mol. The normalized spacial score (nSPS) is 14.4. The van der Waals surface area contributed by atoms with Gasteiger partial charge in [-0.15, -0.1) is 0 Å². The fourth-order valence-corrected chi connectivity index (χ4v) is 5.49. The minimum Gasteiger partial charge on any atom is -0.497 e. The number of furan rings is 1. The van der Waals surface area contributed by atoms with Crippen molar-refractivity contribution in [3.05, 3.63) is 72.2 Å². The van der Waals surface area contributed by atoms with Crippen molar-refractivity contribution >= 4 is 21.4 Å². The Morgan fingerprint density at radius 2 is 1.51 bits per heavy atom. The predicted octanol–water partition coefficient (Wildman–Crippen LogP) is 3.21. The second-order valence-electron chi connectivity index (χ2n) is 8.84. The van der Waals surface area contributed by atoms with Gasteiger partial charge in [0.1, 0.15) is 23.0 Å². The molecular weight excluding hydrogens is 494 g/mol. The highest BCUT2D eigenvalue weighted by Gasteiger charge is 2.20. The summed E-state index contributed by atoms with van der Waals surface area (Å²) in [7, 11) is -0.420. The molecule has 4 rings (SSSR count). The summed E-state index contributed by atoms with van der Waals surface area (Å²) in [6.45, 7) is 5.23. The maximum Gasteiger partial charge on any atom is 0.286 e. The van der Waals surface area contributed by atoms with Gasteiger partial charge in [0.05, 0.1) is 19.1 Å². The molecular formula is C27H33N3O6S. The van der Waals surface area contributed by atoms with Crippen molar-refractivity contribution in [2.75, 3.05) is 58.4 Å². The van der Waals surface area contributed by atoms with E-state index in [1.54, 1.807) is 19.2 Å². The molecule has 2 aromatic carbocycles. The van der Waals surface area contributed by atoms with Gasteiger partial charge in [-0.2, -0.15) is 0 Å². The first kappa shape index (κ1) is 26.6. The molecule has 0 bridgehead atoms. The van der Waals surface area contributed by atoms with Crippen molar-refractivity contribution < 1.29 is 27.1 Å². The van der Waals surface area contributed by atoms with Crippen LogP contribution in [-0.2, 0) is 15.6 Å². The van der Waals surface area contributed by atoms with Crippen molar-refractivity contribution in [1.82, 2.24) is 10.2 Å². The molecule has 1 saturated heterocycles. The van der Waals surface area contributed by atoms with Crippen LogP contribution in [0, 0.1) is 0 Å². The number of nitrogens with one attached hydrogen (secondary N) is 1. The van der Waals surface area contributed by atoms with E-state index in [2.05, 4.69) is 27.2 Å². The quantitative estimate of drug-likeness (QED) is 0.380. The number of piperazine rings is 1. The van der Waals surface area contributed by atoms with E-state index >= 15 is 0 Å². The van der Waals surface area contributed by atoms with Crippen molar-refractivity contribution in [3.63, 3.8) is 0 Å². The number of nitrogens with zero attached hydrogens (tertiary/aromatic N) is 2. The molecule has 3 aromatic rings. The maximum atomic E-state index is 12.7. The Bertz CT molecular complexity index is 1260. The lowest BCUT2D eigenvalue weighted by atomic mass is 10.2. The van der Waals surface area contributed by atoms with Gasteiger partial charge in [0.15, 0.2) is 15.6 Å². The van der Waals surface area contributed by atoms with Crippen molar-refractivity contribution in [2.45, 2.75) is 17.1 Å². The zero-order valence-electron chi connectivity index (χ0n) is 21.2. The van der Waals surface area contributed by atoms with Gasteiger partial charge < -0.3 is 24.1 Å². The van der Waals surface area contributed by atoms with E-state index in [0.29, 0.717) is 12.3 Å². The highest BCUT2D eigenvalue weighted by Crippen LogP contribution is 2.22. The van der Waals surface area contributed by atoms with Crippen LogP contribution in [0.15, 0.2) is 70.0 Å². The molecule has 0 saturated carbocycles. The van der Waals surface area contributed by atoms with Crippen LogP contribution < -0.4 is 19.7 Å². The molecule has 10 heteroatoms. The molecule has 1 aliphatic heterocycles. The van der Waals surface area contributed by atoms with Crippen LogP contribution in [0.2, 0.25) is 0 Å². The number of methoxy groups -OCH3 is 2. The lowest BCUT2D eigenvalue weighted by Crippen LogP contribution is -2.47. The number of carbonyl (C=O) groups excluding carboxylic acids is 1. The molecule has 0 spiro atoms. The summed E-state index contributed by atoms with van der Waals surface area (Å²) in [6, 6.07) is 17.3. The zero-order valence-corrected chi connectivity index (χ0v) is 22.0. The van der Waals surface area contributed by atoms with Crippen molar-refractivity contribution in [1.29, 1.82) is 0 Å². The molecule has 0 aliphatic carbocycles. The van der Waals surface area contributed by atoms with Gasteiger partial charge in [-0.1, -0.05) is 0 Å². The first-order chi connectivity index (χ1) is 17.9. The Hall–Kier alpha value is -3.50. The van der Waals surface area contributed by atoms with Gasteiger partial charge in [0.25, 0.3) is 5.91 Å². The number of benzene rings is 2. The van der Waals surface area contributed by atoms with Gasteiger partial charge in [-0.05, 0) is 73.6 Å². The Balaban J connectivity index is 1.18. The van der Waals surface area contributed by atoms with Crippen LogP contribution in [-0.4, -0.2) is 72.7 Å². The van der Waals surface area contributed by atoms with Gasteiger partial charge >= 0.3 is 0 Å². The Morgan fingerprint density at radius 3 is 2.14 bits per heavy atom. The van der Waals surface area contributed by atoms with Crippen LogP contribution in [0.5, 0.6) is 11.5 Å². The number of anilines is 1. The fraction of sp³-hybridized carbons (Fsp3) is 0.370. The molecule has 198 valence electrons. The molecule has 1 aromatic heterocycles. The lowest BCUT2D eigenvalue weighted by molar-refractivity contribution is 0.0922. The van der Waals surface area contributed by atoms with E-state index in [0.717, 1.165) is 44.9 Å². The van der Waals surface area contributed by atoms with Gasteiger partial charge in [0.2, 0.25) is 0 Å². The summed E-state index contributed by atoms with van der Waals surface area (Å²) in [5.41, 5.74) is 1.20. The standard InChI is InChI=1S/C27H33N3O6S/c1-34-22-6-4-21(5-7-22)30-18-16-29(17-19-30)15-3-14-28-27(31)26-13-10-24(36-26)20-37(32,33)25-11-8-23(35-2)9-12-25/h4-13H,3,14-20H2,1-2H3,(H,28,31). The van der Waals surface area contributed by atoms with E-state index in [-0.39, 0.29) is 28.1 Å². The minimum atomic E-state index is -3.60. The summed E-state index contributed by atoms with van der Waals surface area (Å²) in [4.78, 5) is 17.4. The molecule has 1 N–H and O–H groups in total. The molecule has 0 unspecified atom stereocenters. The van der Waals surface area contributed by atoms with Crippen molar-refractivity contribution in [2.24, 2.45) is 0 Å². The zero-order chi connectivity index (χ0) is 26.3. The number of rotatable bonds is 11. The third kappa shape index (κ3) is 7.05. The topological polar surface area (TPSA) is 101 Å². The molecule has 1 amide bonds. The third-order valence-corrected chi connectivity index (χ3v) is 8.04. The average Bonchev–Trinajstić information content (AvgIpc) is 3.39. The number of hydrogen-bond acceptors (Lipinski definition) is 8. The van der Waals surface area contributed by atoms with Gasteiger partial charge in [-0.3, -0.25) is 9.69 Å². The third-order valence-electron chi connectivity index (χ3n) is 6.38. The van der Waals surface area contributed by atoms with Crippen molar-refractivity contribution in [3.8, 4) is 11.5 Å². The van der Waals surface area contributed by atoms with E-state index in [1.165, 1.54) is 37.1 Å². The SMILES string of the molecule is COc1ccc(N2CCN(CCCNC(=O)c3ccc(CS(=O)(=O)c4ccc(OC)cc4)o3)CC2)cc1. The Morgan fingerprint density at radius 1 is 0.892 bits per heavy atom. The second kappa shape index (κ2) is 12.2. The molecule has 9 nitrogen and oxygen atoms in total. The lowest BCUT2D eigenvalue weighted by Gasteiger charge is -2.36. The van der Waals surface area contributed by atoms with E-state index in [1.807, 2.05) is 12.1 Å². The fourth-order valence-electron chi connectivity index (χ4n) is 4.25. The molecule has 1 fully saturated rings. The number of amides is 1. The van der Waals surface area contributed by atoms with E-state index in [9.17, 15) is 13.2 Å². The molecule has 37 heavy (non-hydrogen) atoms. The van der Waals surface area contributed by atoms with Crippen LogP contribution in [0.4, 0.5) is 5.69 Å². The van der Waals surface area contributed by atoms with Gasteiger partial charge in [0, 0.05) is 38.4 Å². The van der Waals surface area contributed by atoms with Crippen LogP contribution >= 0.6 is 0 Å². The molecule has 0 atom stereocenters. The molecule has 1 aliphatic rings. The number of carbonyl (C=O) groups is 1. The summed E-state index contributed by atoms with van der Waals surface area (Å²) in [5.74, 6) is 1.08. The monoisotopic (exact) mass is 527 g/mol. The summed E-state index contributed by atoms with van der Waals surface area (Å²) in [6.07, 6.45) is 0.813. The van der Waals surface area contributed by atoms with E-state index < -0.39 is 9.84 Å². The number of ether oxygens (including phenoxy) is 2. The summed E-state index contributed by atoms with van der Waals surface area (Å²) < 4.78 is 41.1. The van der Waals surface area contributed by atoms with Gasteiger partial charge in [-0.25, -0.2) is 8.42 Å². The van der Waals surface area contributed by atoms with E-state index in [4.69, 9.17) is 13.9 Å². The molecule has 0 radical (unpaired) electrons. The Kier molecular flexibility index (Phi) is 8.73. The van der Waals surface area contributed by atoms with Crippen LogP contribution in [0.1, 0.15) is 22.7 Å². The number of hydrogen-bond donors (Lipinski definition) is 1. The predicted molar refractivity (Wildman–Crippen MR) is 141 cm³/mol. The highest BCUT2D eigenvalue weighted by atomic mass is 32.2. The minimum absolute atomic E-state index is 0.105. The largest absolute Gasteiger partial charge is 0.497 e. The number of sulfone groups is 1. The molecule has 2 heterocycles. The first-order valence-electron chi connectivity index (χ1n) is 12.2. The van der Waals surface area contributed by atoms with Crippen LogP contribution in [0.3, 0.4) is 0 Å². The van der Waals surface area contributed by atoms with Crippen LogP contribution in [0.25, 0.3) is 0 Å². The summed E-state index contributed by atoms with van der Waals surface area (Å²) >= 11 is 0. The highest BCUT2D eigenvalue weighted by molar-refractivity contribution is 7.90. The maximum absolute atomic E-state index is 12.7. The first-order valence-corrected chi connectivity index (χ1v) is 13.9. The summed E-state index contributed by atoms with van der Waals surface area (Å²) in [5, 5.41) is 2.86.